The number of benzene rings is 1. The monoisotopic (exact) mass is 295 g/mol. The van der Waals surface area contributed by atoms with Gasteiger partial charge in [0.1, 0.15) is 12.4 Å². The van der Waals surface area contributed by atoms with E-state index in [0.29, 0.717) is 0 Å². The largest absolute Gasteiger partial charge is 0.387 e. The third kappa shape index (κ3) is 2.92. The highest BCUT2D eigenvalue weighted by atomic mass is 127. The quantitative estimate of drug-likeness (QED) is 0.809. The second kappa shape index (κ2) is 4.52. The number of nitrogens with one attached hydrogen (secondary N) is 1. The summed E-state index contributed by atoms with van der Waals surface area (Å²) in [6.45, 7) is -0.647. The van der Waals surface area contributed by atoms with E-state index in [2.05, 4.69) is 5.32 Å². The van der Waals surface area contributed by atoms with Gasteiger partial charge in [0, 0.05) is 3.57 Å². The van der Waals surface area contributed by atoms with E-state index in [0.717, 1.165) is 3.57 Å². The highest BCUT2D eigenvalue weighted by Crippen LogP contribution is 2.16. The van der Waals surface area contributed by atoms with E-state index in [1.54, 1.807) is 6.07 Å². The van der Waals surface area contributed by atoms with Crippen LogP contribution in [0, 0.1) is 9.39 Å². The summed E-state index contributed by atoms with van der Waals surface area (Å²) in [5, 5.41) is 10.6. The van der Waals surface area contributed by atoms with Crippen molar-refractivity contribution >= 4 is 34.2 Å². The van der Waals surface area contributed by atoms with Gasteiger partial charge in [-0.05, 0) is 40.8 Å². The van der Waals surface area contributed by atoms with Crippen LogP contribution in [0.3, 0.4) is 0 Å². The Balaban J connectivity index is 2.83. The number of rotatable bonds is 2. The number of hydrogen-bond donors (Lipinski definition) is 2. The van der Waals surface area contributed by atoms with Gasteiger partial charge in [0.15, 0.2) is 0 Å². The number of anilines is 1. The maximum absolute atomic E-state index is 13.0. The summed E-state index contributed by atoms with van der Waals surface area (Å²) < 4.78 is 13.8. The lowest BCUT2D eigenvalue weighted by Gasteiger charge is -2.04. The van der Waals surface area contributed by atoms with Crippen LogP contribution in [0.5, 0.6) is 0 Å². The molecule has 13 heavy (non-hydrogen) atoms. The molecular formula is C8H7FINO2. The molecule has 5 heteroatoms. The fourth-order valence-corrected chi connectivity index (χ4v) is 1.23. The summed E-state index contributed by atoms with van der Waals surface area (Å²) in [4.78, 5) is 10.7. The third-order valence-corrected chi connectivity index (χ3v) is 2.02. The van der Waals surface area contributed by atoms with E-state index in [4.69, 9.17) is 5.11 Å². The van der Waals surface area contributed by atoms with Crippen molar-refractivity contribution in [1.82, 2.24) is 0 Å². The van der Waals surface area contributed by atoms with Crippen LogP contribution in [-0.4, -0.2) is 17.6 Å². The topological polar surface area (TPSA) is 49.3 Å². The predicted molar refractivity (Wildman–Crippen MR) is 54.8 cm³/mol. The van der Waals surface area contributed by atoms with Crippen molar-refractivity contribution in [3.8, 4) is 0 Å². The van der Waals surface area contributed by atoms with Crippen molar-refractivity contribution < 1.29 is 14.3 Å². The molecule has 0 saturated heterocycles. The number of aliphatic hydroxyl groups excluding tert-OH is 1. The smallest absolute Gasteiger partial charge is 0.250 e. The number of aliphatic hydroxyl groups is 1. The molecule has 0 aliphatic rings. The summed E-state index contributed by atoms with van der Waals surface area (Å²) in [7, 11) is 0. The van der Waals surface area contributed by atoms with Crippen molar-refractivity contribution in [3.63, 3.8) is 0 Å². The first-order valence-electron chi connectivity index (χ1n) is 3.49. The lowest BCUT2D eigenvalue weighted by Crippen LogP contribution is -2.16. The Morgan fingerprint density at radius 1 is 1.62 bits per heavy atom. The average Bonchev–Trinajstić information content (AvgIpc) is 2.09. The van der Waals surface area contributed by atoms with Crippen LogP contribution in [0.25, 0.3) is 0 Å². The van der Waals surface area contributed by atoms with E-state index < -0.39 is 18.3 Å². The van der Waals surface area contributed by atoms with Gasteiger partial charge in [0.25, 0.3) is 0 Å². The molecule has 1 aromatic carbocycles. The lowest BCUT2D eigenvalue weighted by molar-refractivity contribution is -0.118. The Kier molecular flexibility index (Phi) is 3.61. The summed E-state index contributed by atoms with van der Waals surface area (Å²) in [6.07, 6.45) is 0. The van der Waals surface area contributed by atoms with Gasteiger partial charge in [-0.15, -0.1) is 0 Å². The number of hydrogen-bond acceptors (Lipinski definition) is 2. The molecule has 0 fully saturated rings. The first-order chi connectivity index (χ1) is 6.13. The highest BCUT2D eigenvalue weighted by Gasteiger charge is 2.05. The molecule has 0 heterocycles. The van der Waals surface area contributed by atoms with Gasteiger partial charge < -0.3 is 10.4 Å². The van der Waals surface area contributed by atoms with Gasteiger partial charge in [0.2, 0.25) is 5.91 Å². The Morgan fingerprint density at radius 3 is 2.85 bits per heavy atom. The molecule has 70 valence electrons. The molecule has 0 aromatic heterocycles. The van der Waals surface area contributed by atoms with Crippen molar-refractivity contribution in [3.05, 3.63) is 27.6 Å². The van der Waals surface area contributed by atoms with Gasteiger partial charge in [-0.1, -0.05) is 0 Å². The maximum Gasteiger partial charge on any atom is 0.250 e. The minimum absolute atomic E-state index is 0.0828. The molecule has 0 atom stereocenters. The van der Waals surface area contributed by atoms with Crippen molar-refractivity contribution in [2.45, 2.75) is 0 Å². The van der Waals surface area contributed by atoms with Crippen LogP contribution in [0.1, 0.15) is 0 Å². The second-order valence-corrected chi connectivity index (χ2v) is 3.58. The van der Waals surface area contributed by atoms with E-state index in [9.17, 15) is 9.18 Å². The van der Waals surface area contributed by atoms with Crippen LogP contribution in [0.4, 0.5) is 10.1 Å². The normalized spacial score (nSPS) is 9.77. The Hall–Kier alpha value is -0.690. The predicted octanol–water partition coefficient (Wildman–Crippen LogP) is 1.36. The van der Waals surface area contributed by atoms with Gasteiger partial charge in [-0.25, -0.2) is 4.39 Å². The van der Waals surface area contributed by atoms with Gasteiger partial charge >= 0.3 is 0 Å². The molecule has 0 spiro atoms. The zero-order valence-corrected chi connectivity index (χ0v) is 8.71. The average molecular weight is 295 g/mol. The fraction of sp³-hybridized carbons (Fsp3) is 0.125. The highest BCUT2D eigenvalue weighted by molar-refractivity contribution is 14.1. The molecule has 1 aromatic rings. The number of halogens is 2. The van der Waals surface area contributed by atoms with E-state index >= 15 is 0 Å². The molecule has 2 N–H and O–H groups in total. The zero-order chi connectivity index (χ0) is 9.84. The number of amides is 1. The number of carbonyl (C=O) groups is 1. The molecular weight excluding hydrogens is 288 g/mol. The third-order valence-electron chi connectivity index (χ3n) is 1.35. The van der Waals surface area contributed by atoms with Gasteiger partial charge in [-0.3, -0.25) is 4.79 Å². The maximum atomic E-state index is 13.0. The molecule has 1 rings (SSSR count). The lowest BCUT2D eigenvalue weighted by atomic mass is 10.3. The van der Waals surface area contributed by atoms with E-state index in [-0.39, 0.29) is 5.69 Å². The molecule has 1 amide bonds. The Bertz CT molecular complexity index is 330. The minimum Gasteiger partial charge on any atom is -0.387 e. The molecule has 0 unspecified atom stereocenters. The van der Waals surface area contributed by atoms with Gasteiger partial charge in [0.05, 0.1) is 5.69 Å². The van der Waals surface area contributed by atoms with Gasteiger partial charge in [-0.2, -0.15) is 0 Å². The molecule has 0 bridgehead atoms. The number of carbonyl (C=O) groups excluding carboxylic acids is 1. The molecule has 0 saturated carbocycles. The van der Waals surface area contributed by atoms with Crippen LogP contribution in [0.2, 0.25) is 0 Å². The summed E-state index contributed by atoms with van der Waals surface area (Å²) in [5.74, 6) is -1.13. The molecule has 3 nitrogen and oxygen atoms in total. The summed E-state index contributed by atoms with van der Waals surface area (Å²) in [6, 6.07) is 4.41. The van der Waals surface area contributed by atoms with Crippen molar-refractivity contribution in [2.75, 3.05) is 11.9 Å². The van der Waals surface area contributed by atoms with Crippen LogP contribution in [0.15, 0.2) is 18.2 Å². The second-order valence-electron chi connectivity index (χ2n) is 2.33. The summed E-state index contributed by atoms with van der Waals surface area (Å²) >= 11 is 1.96. The van der Waals surface area contributed by atoms with Crippen LogP contribution in [-0.2, 0) is 4.79 Å². The Labute approximate surface area is 88.1 Å². The van der Waals surface area contributed by atoms with Crippen molar-refractivity contribution in [2.24, 2.45) is 0 Å². The SMILES string of the molecule is O=C(CO)Nc1ccc(I)cc1F. The first kappa shape index (κ1) is 10.4. The molecule has 0 aliphatic heterocycles. The van der Waals surface area contributed by atoms with Crippen molar-refractivity contribution in [1.29, 1.82) is 0 Å². The first-order valence-corrected chi connectivity index (χ1v) is 4.57. The van der Waals surface area contributed by atoms with Crippen LogP contribution >= 0.6 is 22.6 Å². The zero-order valence-electron chi connectivity index (χ0n) is 6.55. The molecule has 0 radical (unpaired) electrons. The molecule has 0 aliphatic carbocycles. The standard InChI is InChI=1S/C8H7FINO2/c9-6-3-5(10)1-2-7(6)11-8(13)4-12/h1-3,12H,4H2,(H,11,13). The van der Waals surface area contributed by atoms with E-state index in [1.165, 1.54) is 12.1 Å². The minimum atomic E-state index is -0.647. The fourth-order valence-electron chi connectivity index (χ4n) is 0.781. The summed E-state index contributed by atoms with van der Waals surface area (Å²) in [5.41, 5.74) is 0.0828. The van der Waals surface area contributed by atoms with E-state index in [1.807, 2.05) is 22.6 Å². The Morgan fingerprint density at radius 2 is 2.31 bits per heavy atom. The van der Waals surface area contributed by atoms with Crippen LogP contribution < -0.4 is 5.32 Å².